The molecule has 0 bridgehead atoms. The predicted octanol–water partition coefficient (Wildman–Crippen LogP) is 3.52. The summed E-state index contributed by atoms with van der Waals surface area (Å²) >= 11 is 2.03. The summed E-state index contributed by atoms with van der Waals surface area (Å²) in [5.41, 5.74) is 2.55. The van der Waals surface area contributed by atoms with Crippen LogP contribution in [0.25, 0.3) is 6.08 Å². The summed E-state index contributed by atoms with van der Waals surface area (Å²) in [4.78, 5) is 50.3. The second-order valence-electron chi connectivity index (χ2n) is 7.09. The molecule has 166 valence electrons. The van der Waals surface area contributed by atoms with Crippen LogP contribution in [-0.2, 0) is 19.1 Å². The van der Waals surface area contributed by atoms with E-state index in [9.17, 15) is 19.2 Å². The van der Waals surface area contributed by atoms with Gasteiger partial charge >= 0.3 is 12.0 Å². The summed E-state index contributed by atoms with van der Waals surface area (Å²) in [6, 6.07) is 9.52. The van der Waals surface area contributed by atoms with E-state index in [1.165, 1.54) is 6.08 Å². The molecule has 1 aliphatic rings. The van der Waals surface area contributed by atoms with Gasteiger partial charge in [-0.05, 0) is 90.4 Å². The highest BCUT2D eigenvalue weighted by atomic mass is 127. The molecule has 0 aromatic heterocycles. The lowest BCUT2D eigenvalue weighted by molar-refractivity contribution is -0.145. The van der Waals surface area contributed by atoms with E-state index in [2.05, 4.69) is 5.32 Å². The molecule has 1 fully saturated rings. The number of amides is 4. The molecular weight excluding hydrogens is 527 g/mol. The van der Waals surface area contributed by atoms with Crippen molar-refractivity contribution in [3.05, 3.63) is 62.2 Å². The number of hydrogen-bond acceptors (Lipinski definition) is 6. The van der Waals surface area contributed by atoms with Gasteiger partial charge in [0, 0.05) is 0 Å². The molecule has 0 radical (unpaired) electrons. The fraction of sp³-hybridized carbons (Fsp3) is 0.217. The Morgan fingerprint density at radius 3 is 2.41 bits per heavy atom. The normalized spacial score (nSPS) is 15.1. The first-order valence-electron chi connectivity index (χ1n) is 9.77. The highest BCUT2D eigenvalue weighted by Gasteiger charge is 2.37. The van der Waals surface area contributed by atoms with Gasteiger partial charge in [-0.15, -0.1) is 0 Å². The van der Waals surface area contributed by atoms with Crippen LogP contribution in [0.5, 0.6) is 5.75 Å². The Labute approximate surface area is 198 Å². The van der Waals surface area contributed by atoms with Crippen LogP contribution in [-0.4, -0.2) is 37.0 Å². The molecule has 2 aromatic carbocycles. The second-order valence-corrected chi connectivity index (χ2v) is 8.25. The van der Waals surface area contributed by atoms with Crippen molar-refractivity contribution >= 4 is 58.2 Å². The van der Waals surface area contributed by atoms with Gasteiger partial charge in [0.1, 0.15) is 11.3 Å². The molecule has 1 N–H and O–H groups in total. The number of aryl methyl sites for hydroxylation is 2. The summed E-state index contributed by atoms with van der Waals surface area (Å²) in [7, 11) is 0. The lowest BCUT2D eigenvalue weighted by Gasteiger charge is -2.27. The Morgan fingerprint density at radius 1 is 1.09 bits per heavy atom. The third kappa shape index (κ3) is 5.34. The SMILES string of the molecule is CCOC(=O)COc1ccc(/C=C2\C(=O)NC(=O)N(c3cc(C)cc(C)c3)C2=O)cc1I. The molecule has 9 heteroatoms. The zero-order chi connectivity index (χ0) is 23.4. The molecule has 4 amide bonds. The number of nitrogens with one attached hydrogen (secondary N) is 1. The molecule has 0 aliphatic carbocycles. The minimum absolute atomic E-state index is 0.167. The first kappa shape index (κ1) is 23.5. The highest BCUT2D eigenvalue weighted by Crippen LogP contribution is 2.26. The molecule has 1 heterocycles. The van der Waals surface area contributed by atoms with Crippen LogP contribution >= 0.6 is 22.6 Å². The maximum absolute atomic E-state index is 13.1. The van der Waals surface area contributed by atoms with Crippen molar-refractivity contribution in [1.82, 2.24) is 5.32 Å². The number of rotatable bonds is 6. The van der Waals surface area contributed by atoms with Crippen molar-refractivity contribution < 1.29 is 28.7 Å². The van der Waals surface area contributed by atoms with Crippen LogP contribution in [0, 0.1) is 17.4 Å². The van der Waals surface area contributed by atoms with Crippen LogP contribution in [0.1, 0.15) is 23.6 Å². The Hall–Kier alpha value is -3.21. The van der Waals surface area contributed by atoms with Gasteiger partial charge in [-0.2, -0.15) is 0 Å². The van der Waals surface area contributed by atoms with E-state index in [0.717, 1.165) is 16.0 Å². The molecule has 0 atom stereocenters. The lowest BCUT2D eigenvalue weighted by Crippen LogP contribution is -2.54. The van der Waals surface area contributed by atoms with Gasteiger partial charge in [0.05, 0.1) is 15.9 Å². The Morgan fingerprint density at radius 2 is 1.78 bits per heavy atom. The topological polar surface area (TPSA) is 102 Å². The van der Waals surface area contributed by atoms with E-state index >= 15 is 0 Å². The second kappa shape index (κ2) is 9.94. The van der Waals surface area contributed by atoms with E-state index in [-0.39, 0.29) is 18.8 Å². The van der Waals surface area contributed by atoms with E-state index < -0.39 is 23.8 Å². The van der Waals surface area contributed by atoms with Gasteiger partial charge < -0.3 is 9.47 Å². The summed E-state index contributed by atoms with van der Waals surface area (Å²) in [5.74, 6) is -1.48. The average Bonchev–Trinajstić information content (AvgIpc) is 2.70. The number of nitrogens with zero attached hydrogens (tertiary/aromatic N) is 1. The van der Waals surface area contributed by atoms with Crippen LogP contribution < -0.4 is 15.0 Å². The van der Waals surface area contributed by atoms with E-state index in [4.69, 9.17) is 9.47 Å². The molecule has 0 unspecified atom stereocenters. The third-order valence-electron chi connectivity index (χ3n) is 4.48. The smallest absolute Gasteiger partial charge is 0.344 e. The van der Waals surface area contributed by atoms with Crippen molar-refractivity contribution in [2.24, 2.45) is 0 Å². The van der Waals surface area contributed by atoms with Crippen LogP contribution in [0.2, 0.25) is 0 Å². The van der Waals surface area contributed by atoms with Gasteiger partial charge in [0.2, 0.25) is 0 Å². The monoisotopic (exact) mass is 548 g/mol. The van der Waals surface area contributed by atoms with Crippen molar-refractivity contribution in [2.75, 3.05) is 18.1 Å². The standard InChI is InChI=1S/C23H21IN2O6/c1-4-31-20(27)12-32-19-6-5-15(11-18(19)24)10-17-21(28)25-23(30)26(22(17)29)16-8-13(2)7-14(3)9-16/h5-11H,4,12H2,1-3H3,(H,25,28,30)/b17-10+. The number of ether oxygens (including phenoxy) is 2. The number of benzene rings is 2. The van der Waals surface area contributed by atoms with Crippen LogP contribution in [0.3, 0.4) is 0 Å². The van der Waals surface area contributed by atoms with Crippen molar-refractivity contribution in [3.8, 4) is 5.75 Å². The zero-order valence-corrected chi connectivity index (χ0v) is 19.9. The fourth-order valence-electron chi connectivity index (χ4n) is 3.20. The van der Waals surface area contributed by atoms with Crippen molar-refractivity contribution in [3.63, 3.8) is 0 Å². The number of hydrogen-bond donors (Lipinski definition) is 1. The predicted molar refractivity (Wildman–Crippen MR) is 126 cm³/mol. The summed E-state index contributed by atoms with van der Waals surface area (Å²) in [6.07, 6.45) is 1.41. The molecule has 3 rings (SSSR count). The molecule has 1 saturated heterocycles. The minimum atomic E-state index is -0.792. The Kier molecular flexibility index (Phi) is 7.29. The molecule has 32 heavy (non-hydrogen) atoms. The first-order chi connectivity index (χ1) is 15.2. The number of carbonyl (C=O) groups excluding carboxylic acids is 4. The van der Waals surface area contributed by atoms with Gasteiger partial charge in [-0.25, -0.2) is 14.5 Å². The molecule has 2 aromatic rings. The van der Waals surface area contributed by atoms with E-state index in [1.54, 1.807) is 37.3 Å². The highest BCUT2D eigenvalue weighted by molar-refractivity contribution is 14.1. The number of imide groups is 2. The van der Waals surface area contributed by atoms with Crippen molar-refractivity contribution in [2.45, 2.75) is 20.8 Å². The van der Waals surface area contributed by atoms with Crippen LogP contribution in [0.15, 0.2) is 42.0 Å². The quantitative estimate of drug-likeness (QED) is 0.257. The summed E-state index contributed by atoms with van der Waals surface area (Å²) < 4.78 is 11.0. The van der Waals surface area contributed by atoms with E-state index in [0.29, 0.717) is 20.6 Å². The summed E-state index contributed by atoms with van der Waals surface area (Å²) in [5, 5.41) is 2.22. The van der Waals surface area contributed by atoms with Gasteiger partial charge in [-0.3, -0.25) is 14.9 Å². The number of urea groups is 1. The molecule has 1 aliphatic heterocycles. The molecule has 0 saturated carbocycles. The molecule has 8 nitrogen and oxygen atoms in total. The number of halogens is 1. The number of esters is 1. The van der Waals surface area contributed by atoms with Gasteiger partial charge in [0.15, 0.2) is 6.61 Å². The maximum atomic E-state index is 13.1. The van der Waals surface area contributed by atoms with Gasteiger partial charge in [0.25, 0.3) is 11.8 Å². The Bertz CT molecular complexity index is 1120. The zero-order valence-electron chi connectivity index (χ0n) is 17.7. The Balaban J connectivity index is 1.87. The number of carbonyl (C=O) groups is 4. The van der Waals surface area contributed by atoms with Gasteiger partial charge in [-0.1, -0.05) is 12.1 Å². The minimum Gasteiger partial charge on any atom is -0.481 e. The first-order valence-corrected chi connectivity index (χ1v) is 10.8. The summed E-state index contributed by atoms with van der Waals surface area (Å²) in [6.45, 7) is 5.47. The number of anilines is 1. The molecular formula is C23H21IN2O6. The van der Waals surface area contributed by atoms with Crippen molar-refractivity contribution in [1.29, 1.82) is 0 Å². The largest absolute Gasteiger partial charge is 0.481 e. The average molecular weight is 548 g/mol. The van der Waals surface area contributed by atoms with Crippen LogP contribution in [0.4, 0.5) is 10.5 Å². The maximum Gasteiger partial charge on any atom is 0.344 e. The molecule has 0 spiro atoms. The number of barbiturate groups is 1. The van der Waals surface area contributed by atoms with E-state index in [1.807, 2.05) is 42.5 Å². The third-order valence-corrected chi connectivity index (χ3v) is 5.33. The lowest BCUT2D eigenvalue weighted by atomic mass is 10.1. The fourth-order valence-corrected chi connectivity index (χ4v) is 3.90.